The number of hydrogen-bond donors (Lipinski definition) is 1. The molecule has 0 spiro atoms. The molecule has 0 radical (unpaired) electrons. The van der Waals surface area contributed by atoms with Crippen molar-refractivity contribution in [3.05, 3.63) is 70.1 Å². The first-order valence-electron chi connectivity index (χ1n) is 7.68. The zero-order valence-electron chi connectivity index (χ0n) is 12.5. The molecule has 0 saturated carbocycles. The van der Waals surface area contributed by atoms with Gasteiger partial charge >= 0.3 is 0 Å². The van der Waals surface area contributed by atoms with Gasteiger partial charge in [-0.15, -0.1) is 0 Å². The van der Waals surface area contributed by atoms with Crippen molar-refractivity contribution in [3.63, 3.8) is 0 Å². The first kappa shape index (κ1) is 14.0. The lowest BCUT2D eigenvalue weighted by Crippen LogP contribution is -2.63. The Kier molecular flexibility index (Phi) is 3.38. The van der Waals surface area contributed by atoms with E-state index in [4.69, 9.17) is 4.74 Å². The van der Waals surface area contributed by atoms with Crippen LogP contribution in [0, 0.1) is 0 Å². The van der Waals surface area contributed by atoms with Crippen molar-refractivity contribution in [2.24, 2.45) is 0 Å². The van der Waals surface area contributed by atoms with Crippen molar-refractivity contribution in [3.8, 4) is 0 Å². The molecule has 0 bridgehead atoms. The number of rotatable bonds is 2. The summed E-state index contributed by atoms with van der Waals surface area (Å²) in [5.74, 6) is -0.132. The fraction of sp³-hybridized carbons (Fsp3) is 0.294. The number of fused-ring (bicyclic) bond motifs is 2. The maximum Gasteiger partial charge on any atom is 0.274 e. The molecule has 1 fully saturated rings. The van der Waals surface area contributed by atoms with Crippen LogP contribution in [0.2, 0.25) is 0 Å². The molecule has 6 heteroatoms. The summed E-state index contributed by atoms with van der Waals surface area (Å²) in [5, 5.41) is 0. The topological polar surface area (TPSA) is 63.6 Å². The normalized spacial score (nSPS) is 23.0. The monoisotopic (exact) mass is 311 g/mol. The third-order valence-corrected chi connectivity index (χ3v) is 4.31. The Morgan fingerprint density at radius 3 is 2.83 bits per heavy atom. The summed E-state index contributed by atoms with van der Waals surface area (Å²) < 4.78 is 7.53. The summed E-state index contributed by atoms with van der Waals surface area (Å²) in [6, 6.07) is 12.9. The predicted molar refractivity (Wildman–Crippen MR) is 84.8 cm³/mol. The Morgan fingerprint density at radius 1 is 1.17 bits per heavy atom. The number of carbonyl (C=O) groups excluding carboxylic acids is 1. The molecular weight excluding hydrogens is 294 g/mol. The molecule has 2 aliphatic rings. The SMILES string of the molecule is O=C1c2cc(=O)ccn2NC2C(Cc3ccccc3)OCCN12. The molecule has 0 aliphatic carbocycles. The Labute approximate surface area is 133 Å². The van der Waals surface area contributed by atoms with Crippen molar-refractivity contribution in [2.45, 2.75) is 18.7 Å². The molecule has 2 aliphatic heterocycles. The fourth-order valence-electron chi connectivity index (χ4n) is 3.18. The van der Waals surface area contributed by atoms with E-state index in [0.717, 1.165) is 6.42 Å². The van der Waals surface area contributed by atoms with E-state index in [9.17, 15) is 9.59 Å². The average Bonchev–Trinajstić information content (AvgIpc) is 2.57. The predicted octanol–water partition coefficient (Wildman–Crippen LogP) is 0.815. The second-order valence-electron chi connectivity index (χ2n) is 5.79. The van der Waals surface area contributed by atoms with Gasteiger partial charge in [-0.3, -0.25) is 14.3 Å². The molecule has 2 atom stereocenters. The molecular formula is C17H17N3O3. The van der Waals surface area contributed by atoms with Gasteiger partial charge in [0.15, 0.2) is 5.43 Å². The summed E-state index contributed by atoms with van der Waals surface area (Å²) in [5.41, 5.74) is 4.65. The van der Waals surface area contributed by atoms with Gasteiger partial charge < -0.3 is 15.1 Å². The van der Waals surface area contributed by atoms with E-state index in [1.807, 2.05) is 18.2 Å². The summed E-state index contributed by atoms with van der Waals surface area (Å²) in [6.07, 6.45) is 1.94. The lowest BCUT2D eigenvalue weighted by atomic mass is 10.0. The Balaban J connectivity index is 1.65. The summed E-state index contributed by atoms with van der Waals surface area (Å²) in [6.45, 7) is 1.02. The van der Waals surface area contributed by atoms with Gasteiger partial charge in [0, 0.05) is 31.3 Å². The van der Waals surface area contributed by atoms with Crippen LogP contribution >= 0.6 is 0 Å². The number of benzene rings is 1. The van der Waals surface area contributed by atoms with Crippen LogP contribution in [-0.2, 0) is 11.2 Å². The van der Waals surface area contributed by atoms with Crippen molar-refractivity contribution in [2.75, 3.05) is 18.6 Å². The molecule has 2 aromatic rings. The number of nitrogens with zero attached hydrogens (tertiary/aromatic N) is 2. The zero-order chi connectivity index (χ0) is 15.8. The first-order valence-corrected chi connectivity index (χ1v) is 7.68. The fourth-order valence-corrected chi connectivity index (χ4v) is 3.18. The van der Waals surface area contributed by atoms with Crippen LogP contribution in [0.1, 0.15) is 16.1 Å². The van der Waals surface area contributed by atoms with Crippen LogP contribution in [0.5, 0.6) is 0 Å². The number of hydrogen-bond acceptors (Lipinski definition) is 4. The minimum atomic E-state index is -0.244. The number of carbonyl (C=O) groups is 1. The van der Waals surface area contributed by atoms with Crippen LogP contribution in [0.15, 0.2) is 53.5 Å². The van der Waals surface area contributed by atoms with E-state index in [1.165, 1.54) is 17.7 Å². The Bertz CT molecular complexity index is 787. The quantitative estimate of drug-likeness (QED) is 0.892. The minimum Gasteiger partial charge on any atom is -0.372 e. The van der Waals surface area contributed by atoms with Crippen LogP contribution in [0.4, 0.5) is 0 Å². The third kappa shape index (κ3) is 2.51. The smallest absolute Gasteiger partial charge is 0.274 e. The van der Waals surface area contributed by atoms with E-state index in [0.29, 0.717) is 18.8 Å². The average molecular weight is 311 g/mol. The minimum absolute atomic E-state index is 0.132. The van der Waals surface area contributed by atoms with Crippen LogP contribution in [-0.4, -0.2) is 40.9 Å². The molecule has 23 heavy (non-hydrogen) atoms. The van der Waals surface area contributed by atoms with Gasteiger partial charge in [0.2, 0.25) is 0 Å². The van der Waals surface area contributed by atoms with E-state index in [2.05, 4.69) is 17.6 Å². The van der Waals surface area contributed by atoms with Crippen molar-refractivity contribution >= 4 is 5.91 Å². The van der Waals surface area contributed by atoms with Crippen molar-refractivity contribution in [1.82, 2.24) is 9.58 Å². The number of nitrogens with one attached hydrogen (secondary N) is 1. The van der Waals surface area contributed by atoms with Gasteiger partial charge in [0.25, 0.3) is 5.91 Å². The largest absolute Gasteiger partial charge is 0.372 e. The van der Waals surface area contributed by atoms with E-state index in [1.54, 1.807) is 15.8 Å². The number of aromatic nitrogens is 1. The highest BCUT2D eigenvalue weighted by molar-refractivity contribution is 5.94. The molecule has 3 heterocycles. The maximum absolute atomic E-state index is 12.7. The molecule has 118 valence electrons. The molecule has 6 nitrogen and oxygen atoms in total. The summed E-state index contributed by atoms with van der Waals surface area (Å²) in [7, 11) is 0. The maximum atomic E-state index is 12.7. The van der Waals surface area contributed by atoms with Crippen molar-refractivity contribution < 1.29 is 9.53 Å². The lowest BCUT2D eigenvalue weighted by molar-refractivity contribution is -0.0572. The second kappa shape index (κ2) is 5.55. The molecule has 4 rings (SSSR count). The standard InChI is InChI=1S/C17H17N3O3/c21-13-6-7-20-14(11-13)17(22)19-8-9-23-15(16(19)18-20)10-12-4-2-1-3-5-12/h1-7,11,15-16,18H,8-10H2. The number of morpholine rings is 1. The number of ether oxygens (including phenoxy) is 1. The molecule has 1 N–H and O–H groups in total. The second-order valence-corrected chi connectivity index (χ2v) is 5.79. The molecule has 1 amide bonds. The van der Waals surface area contributed by atoms with E-state index in [-0.39, 0.29) is 23.6 Å². The van der Waals surface area contributed by atoms with Gasteiger partial charge in [0.1, 0.15) is 18.0 Å². The molecule has 1 saturated heterocycles. The van der Waals surface area contributed by atoms with E-state index < -0.39 is 0 Å². The highest BCUT2D eigenvalue weighted by atomic mass is 16.5. The highest BCUT2D eigenvalue weighted by Gasteiger charge is 2.39. The van der Waals surface area contributed by atoms with Crippen LogP contribution < -0.4 is 10.9 Å². The van der Waals surface area contributed by atoms with Gasteiger partial charge in [-0.1, -0.05) is 30.3 Å². The highest BCUT2D eigenvalue weighted by Crippen LogP contribution is 2.22. The Morgan fingerprint density at radius 2 is 2.00 bits per heavy atom. The zero-order valence-corrected chi connectivity index (χ0v) is 12.5. The van der Waals surface area contributed by atoms with Crippen LogP contribution in [0.25, 0.3) is 0 Å². The van der Waals surface area contributed by atoms with Gasteiger partial charge in [-0.25, -0.2) is 0 Å². The lowest BCUT2D eigenvalue weighted by Gasteiger charge is -2.45. The first-order chi connectivity index (χ1) is 11.2. The van der Waals surface area contributed by atoms with E-state index >= 15 is 0 Å². The molecule has 2 unspecified atom stereocenters. The van der Waals surface area contributed by atoms with Gasteiger partial charge in [0.05, 0.1) is 6.61 Å². The molecule has 1 aromatic carbocycles. The molecule has 1 aromatic heterocycles. The Hall–Kier alpha value is -2.60. The van der Waals surface area contributed by atoms with Crippen molar-refractivity contribution in [1.29, 1.82) is 0 Å². The van der Waals surface area contributed by atoms with Crippen LogP contribution in [0.3, 0.4) is 0 Å². The third-order valence-electron chi connectivity index (χ3n) is 4.31. The number of amides is 1. The summed E-state index contributed by atoms with van der Waals surface area (Å²) >= 11 is 0. The van der Waals surface area contributed by atoms with Gasteiger partial charge in [-0.2, -0.15) is 0 Å². The van der Waals surface area contributed by atoms with Gasteiger partial charge in [-0.05, 0) is 5.56 Å². The number of pyridine rings is 1. The summed E-state index contributed by atoms with van der Waals surface area (Å²) in [4.78, 5) is 25.9.